The lowest BCUT2D eigenvalue weighted by molar-refractivity contribution is 0.123. The van der Waals surface area contributed by atoms with Gasteiger partial charge in [-0.3, -0.25) is 4.90 Å². The molecule has 1 saturated heterocycles. The Balaban J connectivity index is 2.31. The quantitative estimate of drug-likeness (QED) is 0.548. The van der Waals surface area contributed by atoms with E-state index in [0.29, 0.717) is 6.04 Å². The van der Waals surface area contributed by atoms with E-state index in [4.69, 9.17) is 6.42 Å². The minimum absolute atomic E-state index is 0.690. The van der Waals surface area contributed by atoms with Crippen LogP contribution in [0.2, 0.25) is 0 Å². The van der Waals surface area contributed by atoms with E-state index in [1.54, 1.807) is 0 Å². The highest BCUT2D eigenvalue weighted by Crippen LogP contribution is 2.13. The zero-order valence-electron chi connectivity index (χ0n) is 10.8. The van der Waals surface area contributed by atoms with Crippen LogP contribution in [0.5, 0.6) is 0 Å². The minimum atomic E-state index is 0.690. The van der Waals surface area contributed by atoms with E-state index in [-0.39, 0.29) is 0 Å². The minimum Gasteiger partial charge on any atom is -0.311 e. The van der Waals surface area contributed by atoms with Crippen LogP contribution in [0.3, 0.4) is 0 Å². The third-order valence-electron chi connectivity index (χ3n) is 3.59. The Kier molecular flexibility index (Phi) is 6.52. The Bertz CT molecular complexity index is 219. The molecule has 92 valence electrons. The van der Waals surface area contributed by atoms with Crippen molar-refractivity contribution in [1.29, 1.82) is 0 Å². The normalized spacial score (nSPS) is 26.6. The Labute approximate surface area is 101 Å². The van der Waals surface area contributed by atoms with Crippen LogP contribution in [0, 0.1) is 12.3 Å². The van der Waals surface area contributed by atoms with Crippen LogP contribution in [-0.4, -0.2) is 36.6 Å². The average Bonchev–Trinajstić information content (AvgIpc) is 2.34. The second-order valence-electron chi connectivity index (χ2n) is 4.73. The molecular weight excluding hydrogens is 196 g/mol. The standard InChI is InChI=1S/C14H26N2/c1-4-7-8-9-10-16-12-13(5-2)15-11-14(16)6-3/h1,13-15H,5-12H2,2-3H3. The van der Waals surface area contributed by atoms with Gasteiger partial charge in [0.15, 0.2) is 0 Å². The van der Waals surface area contributed by atoms with Crippen molar-refractivity contribution in [1.82, 2.24) is 10.2 Å². The van der Waals surface area contributed by atoms with E-state index in [2.05, 4.69) is 30.0 Å². The number of hydrogen-bond donors (Lipinski definition) is 1. The van der Waals surface area contributed by atoms with Gasteiger partial charge in [0, 0.05) is 31.6 Å². The molecule has 2 heteroatoms. The lowest BCUT2D eigenvalue weighted by Gasteiger charge is -2.40. The van der Waals surface area contributed by atoms with E-state index >= 15 is 0 Å². The fraction of sp³-hybridized carbons (Fsp3) is 0.857. The van der Waals surface area contributed by atoms with Crippen molar-refractivity contribution < 1.29 is 0 Å². The summed E-state index contributed by atoms with van der Waals surface area (Å²) in [6, 6.07) is 1.42. The lowest BCUT2D eigenvalue weighted by Crippen LogP contribution is -2.56. The van der Waals surface area contributed by atoms with Crippen LogP contribution in [0.15, 0.2) is 0 Å². The van der Waals surface area contributed by atoms with Gasteiger partial charge in [0.1, 0.15) is 0 Å². The summed E-state index contributed by atoms with van der Waals surface area (Å²) in [7, 11) is 0. The molecule has 0 aromatic heterocycles. The fourth-order valence-electron chi connectivity index (χ4n) is 2.42. The van der Waals surface area contributed by atoms with Crippen LogP contribution in [0.25, 0.3) is 0 Å². The van der Waals surface area contributed by atoms with Gasteiger partial charge >= 0.3 is 0 Å². The summed E-state index contributed by atoms with van der Waals surface area (Å²) in [5, 5.41) is 3.63. The predicted octanol–water partition coefficient (Wildman–Crippen LogP) is 2.25. The van der Waals surface area contributed by atoms with Crippen molar-refractivity contribution in [3.05, 3.63) is 0 Å². The summed E-state index contributed by atoms with van der Waals surface area (Å²) in [6.07, 6.45) is 11.1. The van der Waals surface area contributed by atoms with Gasteiger partial charge in [-0.05, 0) is 32.2 Å². The summed E-state index contributed by atoms with van der Waals surface area (Å²) >= 11 is 0. The molecular formula is C14H26N2. The van der Waals surface area contributed by atoms with Crippen molar-refractivity contribution in [3.8, 4) is 12.3 Å². The number of unbranched alkanes of at least 4 members (excludes halogenated alkanes) is 2. The second-order valence-corrected chi connectivity index (χ2v) is 4.73. The molecule has 1 aliphatic rings. The molecule has 0 spiro atoms. The zero-order chi connectivity index (χ0) is 11.8. The lowest BCUT2D eigenvalue weighted by atomic mass is 10.0. The van der Waals surface area contributed by atoms with Gasteiger partial charge in [-0.1, -0.05) is 13.8 Å². The number of terminal acetylenes is 1. The molecule has 1 rings (SSSR count). The van der Waals surface area contributed by atoms with Crippen LogP contribution in [0.4, 0.5) is 0 Å². The Morgan fingerprint density at radius 2 is 2.12 bits per heavy atom. The first kappa shape index (κ1) is 13.5. The van der Waals surface area contributed by atoms with Gasteiger partial charge in [-0.25, -0.2) is 0 Å². The van der Waals surface area contributed by atoms with Gasteiger partial charge in [0.05, 0.1) is 0 Å². The molecule has 0 saturated carbocycles. The van der Waals surface area contributed by atoms with Gasteiger partial charge in [-0.2, -0.15) is 0 Å². The second kappa shape index (κ2) is 7.70. The Hall–Kier alpha value is -0.520. The smallest absolute Gasteiger partial charge is 0.0218 e. The summed E-state index contributed by atoms with van der Waals surface area (Å²) in [5.74, 6) is 2.72. The molecule has 2 atom stereocenters. The topological polar surface area (TPSA) is 15.3 Å². The molecule has 0 bridgehead atoms. The molecule has 0 radical (unpaired) electrons. The number of nitrogens with one attached hydrogen (secondary N) is 1. The molecule has 16 heavy (non-hydrogen) atoms. The summed E-state index contributed by atoms with van der Waals surface area (Å²) in [4.78, 5) is 2.65. The van der Waals surface area contributed by atoms with E-state index in [9.17, 15) is 0 Å². The first-order valence-electron chi connectivity index (χ1n) is 6.72. The van der Waals surface area contributed by atoms with Crippen molar-refractivity contribution in [2.45, 2.75) is 58.0 Å². The molecule has 2 unspecified atom stereocenters. The Morgan fingerprint density at radius 1 is 1.31 bits per heavy atom. The SMILES string of the molecule is C#CCCCCN1CC(CC)NCC1CC. The van der Waals surface area contributed by atoms with Crippen LogP contribution in [0.1, 0.15) is 46.0 Å². The van der Waals surface area contributed by atoms with Gasteiger partial charge in [0.25, 0.3) is 0 Å². The number of piperazine rings is 1. The first-order valence-corrected chi connectivity index (χ1v) is 6.72. The number of rotatable bonds is 6. The Morgan fingerprint density at radius 3 is 2.75 bits per heavy atom. The van der Waals surface area contributed by atoms with Crippen molar-refractivity contribution in [2.24, 2.45) is 0 Å². The van der Waals surface area contributed by atoms with Crippen molar-refractivity contribution in [3.63, 3.8) is 0 Å². The van der Waals surface area contributed by atoms with Crippen LogP contribution in [-0.2, 0) is 0 Å². The molecule has 1 N–H and O–H groups in total. The maximum atomic E-state index is 5.27. The third-order valence-corrected chi connectivity index (χ3v) is 3.59. The maximum Gasteiger partial charge on any atom is 0.0218 e. The number of nitrogens with zero attached hydrogens (tertiary/aromatic N) is 1. The van der Waals surface area contributed by atoms with Gasteiger partial charge in [-0.15, -0.1) is 12.3 Å². The molecule has 0 amide bonds. The summed E-state index contributed by atoms with van der Waals surface area (Å²) in [6.45, 7) is 8.14. The molecule has 1 aliphatic heterocycles. The number of hydrogen-bond acceptors (Lipinski definition) is 2. The van der Waals surface area contributed by atoms with E-state index in [1.807, 2.05) is 0 Å². The highest BCUT2D eigenvalue weighted by Gasteiger charge is 2.24. The molecule has 0 aliphatic carbocycles. The molecule has 0 aromatic carbocycles. The molecule has 0 aromatic rings. The average molecular weight is 222 g/mol. The maximum absolute atomic E-state index is 5.27. The highest BCUT2D eigenvalue weighted by molar-refractivity contribution is 4.86. The first-order chi connectivity index (χ1) is 7.81. The van der Waals surface area contributed by atoms with E-state index in [1.165, 1.54) is 38.8 Å². The molecule has 1 heterocycles. The van der Waals surface area contributed by atoms with Gasteiger partial charge < -0.3 is 5.32 Å². The highest BCUT2D eigenvalue weighted by atomic mass is 15.2. The van der Waals surface area contributed by atoms with E-state index in [0.717, 1.165) is 19.0 Å². The van der Waals surface area contributed by atoms with Gasteiger partial charge in [0.2, 0.25) is 0 Å². The summed E-state index contributed by atoms with van der Waals surface area (Å²) in [5.41, 5.74) is 0. The third kappa shape index (κ3) is 4.15. The molecule has 1 fully saturated rings. The van der Waals surface area contributed by atoms with Crippen LogP contribution >= 0.6 is 0 Å². The largest absolute Gasteiger partial charge is 0.311 e. The summed E-state index contributed by atoms with van der Waals surface area (Å²) < 4.78 is 0. The van der Waals surface area contributed by atoms with Crippen molar-refractivity contribution in [2.75, 3.05) is 19.6 Å². The fourth-order valence-corrected chi connectivity index (χ4v) is 2.42. The zero-order valence-corrected chi connectivity index (χ0v) is 10.8. The van der Waals surface area contributed by atoms with E-state index < -0.39 is 0 Å². The molecule has 2 nitrogen and oxygen atoms in total. The predicted molar refractivity (Wildman–Crippen MR) is 70.4 cm³/mol. The monoisotopic (exact) mass is 222 g/mol. The van der Waals surface area contributed by atoms with Crippen LogP contribution < -0.4 is 5.32 Å². The van der Waals surface area contributed by atoms with Crippen molar-refractivity contribution >= 4 is 0 Å².